The van der Waals surface area contributed by atoms with Gasteiger partial charge in [0.2, 0.25) is 0 Å². The Labute approximate surface area is 142 Å². The molecule has 24 heavy (non-hydrogen) atoms. The van der Waals surface area contributed by atoms with Gasteiger partial charge >= 0.3 is 0 Å². The molecule has 0 saturated carbocycles. The monoisotopic (exact) mass is 311 g/mol. The molecule has 0 aliphatic carbocycles. The Kier molecular flexibility index (Phi) is 5.07. The van der Waals surface area contributed by atoms with Crippen LogP contribution in [0, 0.1) is 11.3 Å². The Hall–Kier alpha value is -3.31. The number of nitrogens with zero attached hydrogens (tertiary/aromatic N) is 1. The van der Waals surface area contributed by atoms with Crippen molar-refractivity contribution in [1.82, 2.24) is 0 Å². The molecule has 0 aliphatic rings. The van der Waals surface area contributed by atoms with E-state index in [0.717, 1.165) is 22.4 Å². The van der Waals surface area contributed by atoms with E-state index >= 15 is 0 Å². The fraction of sp³-hybridized carbons (Fsp3) is 0.0455. The molecule has 0 radical (unpaired) electrons. The topological polar surface area (TPSA) is 33.0 Å². The molecule has 0 unspecified atom stereocenters. The number of ether oxygens (including phenoxy) is 1. The lowest BCUT2D eigenvalue weighted by Crippen LogP contribution is -1.94. The number of benzene rings is 3. The molecule has 0 fully saturated rings. The third-order valence-corrected chi connectivity index (χ3v) is 3.64. The summed E-state index contributed by atoms with van der Waals surface area (Å²) >= 11 is 0. The number of nitriles is 1. The molecule has 0 bridgehead atoms. The lowest BCUT2D eigenvalue weighted by molar-refractivity contribution is 0.306. The van der Waals surface area contributed by atoms with Crippen molar-refractivity contribution >= 4 is 11.6 Å². The maximum absolute atomic E-state index is 9.36. The van der Waals surface area contributed by atoms with Gasteiger partial charge in [-0.2, -0.15) is 5.26 Å². The average molecular weight is 311 g/mol. The van der Waals surface area contributed by atoms with Gasteiger partial charge in [-0.25, -0.2) is 0 Å². The van der Waals surface area contributed by atoms with Crippen LogP contribution in [0.25, 0.3) is 11.6 Å². The number of hydrogen-bond acceptors (Lipinski definition) is 2. The maximum atomic E-state index is 9.36. The first-order chi connectivity index (χ1) is 11.8. The molecule has 0 aromatic heterocycles. The zero-order valence-electron chi connectivity index (χ0n) is 13.2. The van der Waals surface area contributed by atoms with E-state index in [-0.39, 0.29) is 0 Å². The molecule has 2 nitrogen and oxygen atoms in total. The second-order valence-electron chi connectivity index (χ2n) is 5.38. The molecule has 0 spiro atoms. The Morgan fingerprint density at radius 1 is 0.833 bits per heavy atom. The van der Waals surface area contributed by atoms with Crippen LogP contribution < -0.4 is 4.74 Å². The fourth-order valence-electron chi connectivity index (χ4n) is 2.37. The summed E-state index contributed by atoms with van der Waals surface area (Å²) in [5, 5.41) is 9.36. The van der Waals surface area contributed by atoms with E-state index in [2.05, 4.69) is 6.07 Å². The summed E-state index contributed by atoms with van der Waals surface area (Å²) in [6.07, 6.45) is 1.89. The summed E-state index contributed by atoms with van der Waals surface area (Å²) in [7, 11) is 0. The lowest BCUT2D eigenvalue weighted by atomic mass is 10.0. The van der Waals surface area contributed by atoms with Crippen molar-refractivity contribution in [2.75, 3.05) is 0 Å². The standard InChI is InChI=1S/C22H17NO/c23-16-21(20-9-5-2-6-10-20)15-18-11-13-22(14-12-18)24-17-19-7-3-1-4-8-19/h1-15H,17H2. The first-order valence-electron chi connectivity index (χ1n) is 7.79. The van der Waals surface area contributed by atoms with E-state index in [1.54, 1.807) is 0 Å². The van der Waals surface area contributed by atoms with Gasteiger partial charge in [0.25, 0.3) is 0 Å². The van der Waals surface area contributed by atoms with Crippen molar-refractivity contribution in [3.05, 3.63) is 102 Å². The van der Waals surface area contributed by atoms with Crippen LogP contribution in [0.3, 0.4) is 0 Å². The first kappa shape index (κ1) is 15.6. The summed E-state index contributed by atoms with van der Waals surface area (Å²) in [5.41, 5.74) is 3.68. The van der Waals surface area contributed by atoms with Gasteiger partial charge in [-0.1, -0.05) is 72.8 Å². The van der Waals surface area contributed by atoms with Crippen molar-refractivity contribution < 1.29 is 4.74 Å². The van der Waals surface area contributed by atoms with E-state index in [4.69, 9.17) is 4.74 Å². The molecule has 0 amide bonds. The van der Waals surface area contributed by atoms with Gasteiger partial charge in [0.1, 0.15) is 12.4 Å². The van der Waals surface area contributed by atoms with Gasteiger partial charge in [-0.05, 0) is 34.9 Å². The molecule has 0 heterocycles. The molecule has 3 aromatic carbocycles. The van der Waals surface area contributed by atoms with Crippen molar-refractivity contribution in [1.29, 1.82) is 5.26 Å². The maximum Gasteiger partial charge on any atom is 0.119 e. The minimum Gasteiger partial charge on any atom is -0.489 e. The van der Waals surface area contributed by atoms with Crippen LogP contribution in [0.2, 0.25) is 0 Å². The van der Waals surface area contributed by atoms with Crippen LogP contribution in [0.4, 0.5) is 0 Å². The van der Waals surface area contributed by atoms with Crippen LogP contribution in [-0.4, -0.2) is 0 Å². The molecule has 116 valence electrons. The number of rotatable bonds is 5. The molecule has 0 atom stereocenters. The molecule has 0 saturated heterocycles. The smallest absolute Gasteiger partial charge is 0.119 e. The highest BCUT2D eigenvalue weighted by Crippen LogP contribution is 2.20. The second-order valence-corrected chi connectivity index (χ2v) is 5.38. The summed E-state index contributed by atoms with van der Waals surface area (Å²) in [5.74, 6) is 0.814. The van der Waals surface area contributed by atoms with Crippen LogP contribution in [-0.2, 0) is 6.61 Å². The quantitative estimate of drug-likeness (QED) is 0.471. The molecule has 3 aromatic rings. The zero-order chi connectivity index (χ0) is 16.6. The fourth-order valence-corrected chi connectivity index (χ4v) is 2.37. The summed E-state index contributed by atoms with van der Waals surface area (Å²) in [6.45, 7) is 0.545. The Bertz CT molecular complexity index is 844. The minimum absolute atomic E-state index is 0.545. The van der Waals surface area contributed by atoms with Gasteiger partial charge in [-0.15, -0.1) is 0 Å². The van der Waals surface area contributed by atoms with Gasteiger partial charge in [0.05, 0.1) is 11.6 Å². The minimum atomic E-state index is 0.545. The van der Waals surface area contributed by atoms with E-state index in [0.29, 0.717) is 12.2 Å². The summed E-state index contributed by atoms with van der Waals surface area (Å²) < 4.78 is 5.78. The predicted molar refractivity (Wildman–Crippen MR) is 97.1 cm³/mol. The molecular weight excluding hydrogens is 294 g/mol. The van der Waals surface area contributed by atoms with Crippen LogP contribution in [0.5, 0.6) is 5.75 Å². The molecular formula is C22H17NO. The highest BCUT2D eigenvalue weighted by Gasteiger charge is 2.01. The third-order valence-electron chi connectivity index (χ3n) is 3.64. The summed E-state index contributed by atoms with van der Waals surface area (Å²) in [4.78, 5) is 0. The van der Waals surface area contributed by atoms with Crippen LogP contribution in [0.1, 0.15) is 16.7 Å². The van der Waals surface area contributed by atoms with Gasteiger partial charge in [-0.3, -0.25) is 0 Å². The van der Waals surface area contributed by atoms with Gasteiger partial charge < -0.3 is 4.74 Å². The van der Waals surface area contributed by atoms with Crippen LogP contribution >= 0.6 is 0 Å². The third kappa shape index (κ3) is 4.12. The highest BCUT2D eigenvalue weighted by molar-refractivity contribution is 5.89. The molecule has 3 rings (SSSR count). The first-order valence-corrected chi connectivity index (χ1v) is 7.79. The van der Waals surface area contributed by atoms with Crippen LogP contribution in [0.15, 0.2) is 84.9 Å². The SMILES string of the molecule is N#CC(=Cc1ccc(OCc2ccccc2)cc1)c1ccccc1. The number of hydrogen-bond donors (Lipinski definition) is 0. The molecule has 0 aliphatic heterocycles. The Balaban J connectivity index is 1.70. The second kappa shape index (κ2) is 7.80. The highest BCUT2D eigenvalue weighted by atomic mass is 16.5. The normalized spacial score (nSPS) is 10.9. The van der Waals surface area contributed by atoms with Crippen molar-refractivity contribution in [3.8, 4) is 11.8 Å². The van der Waals surface area contributed by atoms with E-state index < -0.39 is 0 Å². The van der Waals surface area contributed by atoms with E-state index in [1.807, 2.05) is 91.0 Å². The van der Waals surface area contributed by atoms with Crippen molar-refractivity contribution in [2.24, 2.45) is 0 Å². The Morgan fingerprint density at radius 3 is 2.08 bits per heavy atom. The molecule has 0 N–H and O–H groups in total. The van der Waals surface area contributed by atoms with Gasteiger partial charge in [0, 0.05) is 0 Å². The zero-order valence-corrected chi connectivity index (χ0v) is 13.2. The predicted octanol–water partition coefficient (Wildman–Crippen LogP) is 5.33. The lowest BCUT2D eigenvalue weighted by Gasteiger charge is -2.06. The largest absolute Gasteiger partial charge is 0.489 e. The molecule has 2 heteroatoms. The summed E-state index contributed by atoms with van der Waals surface area (Å²) in [6, 6.07) is 29.8. The Morgan fingerprint density at radius 2 is 1.46 bits per heavy atom. The van der Waals surface area contributed by atoms with E-state index in [1.165, 1.54) is 0 Å². The van der Waals surface area contributed by atoms with E-state index in [9.17, 15) is 5.26 Å². The van der Waals surface area contributed by atoms with Crippen molar-refractivity contribution in [2.45, 2.75) is 6.61 Å². The van der Waals surface area contributed by atoms with Crippen molar-refractivity contribution in [3.63, 3.8) is 0 Å². The van der Waals surface area contributed by atoms with Gasteiger partial charge in [0.15, 0.2) is 0 Å². The number of allylic oxidation sites excluding steroid dienone is 1. The average Bonchev–Trinajstić information content (AvgIpc) is 2.67.